The van der Waals surface area contributed by atoms with Crippen LogP contribution in [0.25, 0.3) is 0 Å². The maximum atomic E-state index is 5.74. The molecule has 0 amide bonds. The van der Waals surface area contributed by atoms with E-state index < -0.39 is 0 Å². The van der Waals surface area contributed by atoms with E-state index in [0.717, 1.165) is 31.0 Å². The Hall–Kier alpha value is -1.29. The van der Waals surface area contributed by atoms with Crippen LogP contribution in [0.4, 0.5) is 11.5 Å². The average molecular weight is 249 g/mol. The molecule has 1 aromatic heterocycles. The van der Waals surface area contributed by atoms with E-state index in [1.54, 1.807) is 0 Å². The number of hydrogen-bond donors (Lipinski definition) is 1. The van der Waals surface area contributed by atoms with Crippen LogP contribution >= 0.6 is 0 Å². The fourth-order valence-corrected chi connectivity index (χ4v) is 2.44. The molecule has 0 radical (unpaired) electrons. The SMILES string of the molecule is CN(C)c1ncccc1NC1CCOC(C)(C)C1. The first-order valence-corrected chi connectivity index (χ1v) is 6.51. The van der Waals surface area contributed by atoms with Gasteiger partial charge in [-0.25, -0.2) is 4.98 Å². The maximum Gasteiger partial charge on any atom is 0.151 e. The maximum absolute atomic E-state index is 5.74. The van der Waals surface area contributed by atoms with Gasteiger partial charge in [-0.3, -0.25) is 0 Å². The number of anilines is 2. The van der Waals surface area contributed by atoms with Crippen molar-refractivity contribution >= 4 is 11.5 Å². The third kappa shape index (κ3) is 3.13. The normalized spacial score (nSPS) is 22.6. The molecule has 18 heavy (non-hydrogen) atoms. The van der Waals surface area contributed by atoms with E-state index in [0.29, 0.717) is 6.04 Å². The van der Waals surface area contributed by atoms with Crippen molar-refractivity contribution in [2.45, 2.75) is 38.3 Å². The molecular weight excluding hydrogens is 226 g/mol. The molecule has 4 nitrogen and oxygen atoms in total. The van der Waals surface area contributed by atoms with Gasteiger partial charge in [0.05, 0.1) is 11.3 Å². The Morgan fingerprint density at radius 3 is 2.89 bits per heavy atom. The number of nitrogens with one attached hydrogen (secondary N) is 1. The van der Waals surface area contributed by atoms with Gasteiger partial charge in [-0.2, -0.15) is 0 Å². The van der Waals surface area contributed by atoms with Crippen molar-refractivity contribution < 1.29 is 4.74 Å². The Kier molecular flexibility index (Phi) is 3.76. The van der Waals surface area contributed by atoms with Crippen LogP contribution in [0.5, 0.6) is 0 Å². The molecule has 4 heteroatoms. The fraction of sp³-hybridized carbons (Fsp3) is 0.643. The summed E-state index contributed by atoms with van der Waals surface area (Å²) in [5.41, 5.74) is 1.07. The summed E-state index contributed by atoms with van der Waals surface area (Å²) in [6.45, 7) is 5.12. The zero-order chi connectivity index (χ0) is 13.2. The predicted molar refractivity (Wildman–Crippen MR) is 75.2 cm³/mol. The molecule has 0 spiro atoms. The summed E-state index contributed by atoms with van der Waals surface area (Å²) in [5, 5.41) is 3.60. The topological polar surface area (TPSA) is 37.4 Å². The van der Waals surface area contributed by atoms with Crippen molar-refractivity contribution in [1.29, 1.82) is 0 Å². The molecule has 0 aromatic carbocycles. The van der Waals surface area contributed by atoms with Gasteiger partial charge in [-0.05, 0) is 38.8 Å². The van der Waals surface area contributed by atoms with E-state index in [1.165, 1.54) is 0 Å². The van der Waals surface area contributed by atoms with Crippen LogP contribution in [0.1, 0.15) is 26.7 Å². The smallest absolute Gasteiger partial charge is 0.151 e. The Labute approximate surface area is 109 Å². The summed E-state index contributed by atoms with van der Waals surface area (Å²) in [5.74, 6) is 0.988. The summed E-state index contributed by atoms with van der Waals surface area (Å²) in [7, 11) is 4.03. The van der Waals surface area contributed by atoms with Crippen molar-refractivity contribution in [2.24, 2.45) is 0 Å². The third-order valence-corrected chi connectivity index (χ3v) is 3.27. The largest absolute Gasteiger partial charge is 0.379 e. The predicted octanol–water partition coefficient (Wildman–Crippen LogP) is 2.52. The first kappa shape index (κ1) is 13.1. The molecule has 1 atom stereocenters. The first-order chi connectivity index (χ1) is 8.48. The lowest BCUT2D eigenvalue weighted by Crippen LogP contribution is -2.40. The van der Waals surface area contributed by atoms with Crippen molar-refractivity contribution in [2.75, 3.05) is 30.9 Å². The summed E-state index contributed by atoms with van der Waals surface area (Å²) in [6, 6.07) is 4.52. The van der Waals surface area contributed by atoms with Gasteiger partial charge in [0.15, 0.2) is 5.82 Å². The summed E-state index contributed by atoms with van der Waals surface area (Å²) in [6.07, 6.45) is 3.90. The Bertz CT molecular complexity index is 404. The quantitative estimate of drug-likeness (QED) is 0.893. The second kappa shape index (κ2) is 5.14. The Morgan fingerprint density at radius 1 is 1.44 bits per heavy atom. The van der Waals surface area contributed by atoms with E-state index in [4.69, 9.17) is 4.74 Å². The molecular formula is C14H23N3O. The second-order valence-corrected chi connectivity index (χ2v) is 5.71. The first-order valence-electron chi connectivity index (χ1n) is 6.51. The number of aromatic nitrogens is 1. The van der Waals surface area contributed by atoms with Crippen LogP contribution in [0.2, 0.25) is 0 Å². The van der Waals surface area contributed by atoms with Crippen LogP contribution in [0.3, 0.4) is 0 Å². The highest BCUT2D eigenvalue weighted by atomic mass is 16.5. The lowest BCUT2D eigenvalue weighted by atomic mass is 9.94. The number of pyridine rings is 1. The molecule has 1 aliphatic heterocycles. The van der Waals surface area contributed by atoms with Gasteiger partial charge in [0, 0.05) is 32.9 Å². The van der Waals surface area contributed by atoms with Crippen molar-refractivity contribution in [3.63, 3.8) is 0 Å². The van der Waals surface area contributed by atoms with Gasteiger partial charge in [0.1, 0.15) is 0 Å². The molecule has 2 heterocycles. The van der Waals surface area contributed by atoms with Gasteiger partial charge in [-0.15, -0.1) is 0 Å². The molecule has 1 unspecified atom stereocenters. The minimum Gasteiger partial charge on any atom is -0.379 e. The highest BCUT2D eigenvalue weighted by Crippen LogP contribution is 2.28. The van der Waals surface area contributed by atoms with Gasteiger partial charge in [0.2, 0.25) is 0 Å². The lowest BCUT2D eigenvalue weighted by molar-refractivity contribution is -0.0553. The van der Waals surface area contributed by atoms with Crippen LogP contribution in [0, 0.1) is 0 Å². The average Bonchev–Trinajstić information content (AvgIpc) is 2.28. The van der Waals surface area contributed by atoms with E-state index in [-0.39, 0.29) is 5.60 Å². The second-order valence-electron chi connectivity index (χ2n) is 5.71. The molecule has 100 valence electrons. The molecule has 2 rings (SSSR count). The molecule has 1 aromatic rings. The number of nitrogens with zero attached hydrogens (tertiary/aromatic N) is 2. The minimum absolute atomic E-state index is 0.0313. The van der Waals surface area contributed by atoms with Crippen LogP contribution in [-0.4, -0.2) is 37.3 Å². The van der Waals surface area contributed by atoms with E-state index in [9.17, 15) is 0 Å². The molecule has 0 aliphatic carbocycles. The lowest BCUT2D eigenvalue weighted by Gasteiger charge is -2.36. The summed E-state index contributed by atoms with van der Waals surface area (Å²) < 4.78 is 5.74. The minimum atomic E-state index is -0.0313. The van der Waals surface area contributed by atoms with Gasteiger partial charge in [0.25, 0.3) is 0 Å². The third-order valence-electron chi connectivity index (χ3n) is 3.27. The van der Waals surface area contributed by atoms with Crippen LogP contribution in [0.15, 0.2) is 18.3 Å². The van der Waals surface area contributed by atoms with E-state index >= 15 is 0 Å². The van der Waals surface area contributed by atoms with Gasteiger partial charge >= 0.3 is 0 Å². The zero-order valence-corrected chi connectivity index (χ0v) is 11.7. The summed E-state index contributed by atoms with van der Waals surface area (Å²) in [4.78, 5) is 6.45. The fourth-order valence-electron chi connectivity index (χ4n) is 2.44. The Balaban J connectivity index is 2.09. The highest BCUT2D eigenvalue weighted by molar-refractivity contribution is 5.65. The van der Waals surface area contributed by atoms with E-state index in [1.807, 2.05) is 31.3 Å². The molecule has 0 bridgehead atoms. The van der Waals surface area contributed by atoms with Crippen molar-refractivity contribution in [1.82, 2.24) is 4.98 Å². The van der Waals surface area contributed by atoms with Crippen LogP contribution in [-0.2, 0) is 4.74 Å². The highest BCUT2D eigenvalue weighted by Gasteiger charge is 2.29. The number of ether oxygens (including phenoxy) is 1. The monoisotopic (exact) mass is 249 g/mol. The Morgan fingerprint density at radius 2 is 2.22 bits per heavy atom. The number of rotatable bonds is 3. The van der Waals surface area contributed by atoms with Crippen molar-refractivity contribution in [3.8, 4) is 0 Å². The van der Waals surface area contributed by atoms with Gasteiger partial charge < -0.3 is 15.0 Å². The van der Waals surface area contributed by atoms with Crippen LogP contribution < -0.4 is 10.2 Å². The number of hydrogen-bond acceptors (Lipinski definition) is 4. The molecule has 1 aliphatic rings. The van der Waals surface area contributed by atoms with E-state index in [2.05, 4.69) is 30.2 Å². The molecule has 1 fully saturated rings. The molecule has 0 saturated carbocycles. The summed E-state index contributed by atoms with van der Waals surface area (Å²) >= 11 is 0. The van der Waals surface area contributed by atoms with Crippen molar-refractivity contribution in [3.05, 3.63) is 18.3 Å². The molecule has 1 N–H and O–H groups in total. The standard InChI is InChI=1S/C14H23N3O/c1-14(2)10-11(7-9-18-14)16-12-6-5-8-15-13(12)17(3)4/h5-6,8,11,16H,7,9-10H2,1-4H3. The molecule has 1 saturated heterocycles. The zero-order valence-electron chi connectivity index (χ0n) is 11.7. The van der Waals surface area contributed by atoms with Gasteiger partial charge in [-0.1, -0.05) is 0 Å².